The first-order valence-corrected chi connectivity index (χ1v) is 7.23. The molecule has 0 amide bonds. The smallest absolute Gasteiger partial charge is 0.136 e. The lowest BCUT2D eigenvalue weighted by atomic mass is 9.87. The van der Waals surface area contributed by atoms with Gasteiger partial charge in [0, 0.05) is 11.4 Å². The minimum atomic E-state index is -0.999. The molecule has 3 atom stereocenters. The van der Waals surface area contributed by atoms with Gasteiger partial charge >= 0.3 is 0 Å². The van der Waals surface area contributed by atoms with Crippen LogP contribution in [0.3, 0.4) is 0 Å². The highest BCUT2D eigenvalue weighted by molar-refractivity contribution is 7.90. The second-order valence-electron chi connectivity index (χ2n) is 5.77. The number of hydrogen-bond acceptors (Lipinski definition) is 3. The van der Waals surface area contributed by atoms with Crippen LogP contribution in [0, 0.1) is 11.8 Å². The lowest BCUT2D eigenvalue weighted by Gasteiger charge is -2.32. The number of rotatable bonds is 6. The van der Waals surface area contributed by atoms with Crippen LogP contribution in [0.15, 0.2) is 0 Å². The monoisotopic (exact) mass is 248 g/mol. The molecule has 98 valence electrons. The highest BCUT2D eigenvalue weighted by atomic mass is 32.2. The van der Waals surface area contributed by atoms with E-state index < -0.39 is 11.4 Å². The van der Waals surface area contributed by atoms with Gasteiger partial charge in [0.05, 0.1) is 6.04 Å². The Labute approximate surface area is 104 Å². The quantitative estimate of drug-likeness (QED) is 0.707. The van der Waals surface area contributed by atoms with Crippen molar-refractivity contribution >= 4 is 11.4 Å². The first kappa shape index (κ1) is 16.2. The Balaban J connectivity index is 4.35. The van der Waals surface area contributed by atoms with Crippen LogP contribution in [-0.2, 0) is 11.4 Å². The average Bonchev–Trinajstić information content (AvgIpc) is 2.11. The molecule has 0 heterocycles. The maximum atomic E-state index is 12.0. The molecule has 0 aliphatic heterocycles. The predicted octanol–water partition coefficient (Wildman–Crippen LogP) is 2.05. The van der Waals surface area contributed by atoms with Crippen LogP contribution < -0.4 is 10.5 Å². The largest absolute Gasteiger partial charge is 0.598 e. The molecule has 0 spiro atoms. The standard InChI is InChI=1S/C12H28N2OS/c1-9(2)11(7-8-13)10(3)14-16(15)12(4,5)6/h9-11,14H,7-8,13H2,1-6H3/t10-,11?,16-/m1/s1. The maximum absolute atomic E-state index is 12.0. The second-order valence-corrected chi connectivity index (χ2v) is 7.77. The van der Waals surface area contributed by atoms with E-state index in [1.54, 1.807) is 0 Å². The minimum Gasteiger partial charge on any atom is -0.598 e. The van der Waals surface area contributed by atoms with Crippen LogP contribution in [0.4, 0.5) is 0 Å². The fourth-order valence-corrected chi connectivity index (χ4v) is 2.65. The zero-order chi connectivity index (χ0) is 12.9. The van der Waals surface area contributed by atoms with Gasteiger partial charge in [-0.25, -0.2) is 0 Å². The van der Waals surface area contributed by atoms with E-state index in [1.165, 1.54) is 0 Å². The van der Waals surface area contributed by atoms with Crippen LogP contribution in [0.2, 0.25) is 0 Å². The third-order valence-corrected chi connectivity index (χ3v) is 4.55. The molecule has 0 bridgehead atoms. The Morgan fingerprint density at radius 3 is 2.06 bits per heavy atom. The Morgan fingerprint density at radius 2 is 1.75 bits per heavy atom. The average molecular weight is 248 g/mol. The molecule has 0 aromatic carbocycles. The summed E-state index contributed by atoms with van der Waals surface area (Å²) in [7, 11) is 0. The SMILES string of the molecule is CC(C)C(CCN)[C@@H](C)N[S@+]([O-])C(C)(C)C. The number of nitrogens with two attached hydrogens (primary N) is 1. The van der Waals surface area contributed by atoms with E-state index in [0.717, 1.165) is 6.42 Å². The lowest BCUT2D eigenvalue weighted by molar-refractivity contribution is 0.298. The molecule has 1 unspecified atom stereocenters. The van der Waals surface area contributed by atoms with Gasteiger partial charge in [-0.3, -0.25) is 0 Å². The third-order valence-electron chi connectivity index (χ3n) is 2.85. The summed E-state index contributed by atoms with van der Waals surface area (Å²) in [6.07, 6.45) is 0.979. The fraction of sp³-hybridized carbons (Fsp3) is 1.00. The molecule has 3 nitrogen and oxygen atoms in total. The molecular weight excluding hydrogens is 220 g/mol. The first-order chi connectivity index (χ1) is 7.20. The van der Waals surface area contributed by atoms with Crippen molar-refractivity contribution in [3.63, 3.8) is 0 Å². The molecule has 0 aliphatic rings. The summed E-state index contributed by atoms with van der Waals surface area (Å²) in [5.41, 5.74) is 5.62. The molecule has 0 aliphatic carbocycles. The zero-order valence-corrected chi connectivity index (χ0v) is 12.4. The summed E-state index contributed by atoms with van der Waals surface area (Å²) in [4.78, 5) is 0. The molecule has 0 radical (unpaired) electrons. The van der Waals surface area contributed by atoms with Crippen molar-refractivity contribution in [2.75, 3.05) is 6.54 Å². The Hall–Kier alpha value is 0.230. The van der Waals surface area contributed by atoms with Crippen molar-refractivity contribution in [2.24, 2.45) is 17.6 Å². The van der Waals surface area contributed by atoms with Crippen molar-refractivity contribution in [3.8, 4) is 0 Å². The zero-order valence-electron chi connectivity index (χ0n) is 11.5. The summed E-state index contributed by atoms with van der Waals surface area (Å²) in [5, 5.41) is 0. The summed E-state index contributed by atoms with van der Waals surface area (Å²) in [6.45, 7) is 13.1. The van der Waals surface area contributed by atoms with Crippen LogP contribution in [0.1, 0.15) is 48.0 Å². The summed E-state index contributed by atoms with van der Waals surface area (Å²) in [5.74, 6) is 1.04. The van der Waals surface area contributed by atoms with Gasteiger partial charge in [-0.05, 0) is 52.5 Å². The topological polar surface area (TPSA) is 61.1 Å². The van der Waals surface area contributed by atoms with Gasteiger partial charge in [0.1, 0.15) is 4.75 Å². The molecule has 0 fully saturated rings. The minimum absolute atomic E-state index is 0.210. The van der Waals surface area contributed by atoms with Crippen LogP contribution in [-0.4, -0.2) is 21.9 Å². The van der Waals surface area contributed by atoms with E-state index in [-0.39, 0.29) is 10.8 Å². The van der Waals surface area contributed by atoms with Crippen LogP contribution in [0.5, 0.6) is 0 Å². The molecule has 0 aromatic rings. The van der Waals surface area contributed by atoms with E-state index >= 15 is 0 Å². The predicted molar refractivity (Wildman–Crippen MR) is 72.5 cm³/mol. The molecule has 0 saturated carbocycles. The van der Waals surface area contributed by atoms with Gasteiger partial charge in [-0.1, -0.05) is 13.8 Å². The molecule has 3 N–H and O–H groups in total. The van der Waals surface area contributed by atoms with Crippen molar-refractivity contribution in [1.29, 1.82) is 0 Å². The van der Waals surface area contributed by atoms with Gasteiger partial charge in [-0.15, -0.1) is 4.72 Å². The fourth-order valence-electron chi connectivity index (χ4n) is 1.79. The van der Waals surface area contributed by atoms with Gasteiger partial charge in [-0.2, -0.15) is 0 Å². The molecule has 0 aromatic heterocycles. The summed E-state index contributed by atoms with van der Waals surface area (Å²) >= 11 is -0.999. The van der Waals surface area contributed by atoms with E-state index in [9.17, 15) is 4.55 Å². The molecule has 0 saturated heterocycles. The molecular formula is C12H28N2OS. The van der Waals surface area contributed by atoms with Crippen molar-refractivity contribution < 1.29 is 4.55 Å². The number of nitrogens with one attached hydrogen (secondary N) is 1. The van der Waals surface area contributed by atoms with E-state index in [1.807, 2.05) is 20.8 Å². The van der Waals surface area contributed by atoms with Crippen molar-refractivity contribution in [3.05, 3.63) is 0 Å². The Morgan fingerprint density at radius 1 is 1.25 bits per heavy atom. The normalized spacial score (nSPS) is 18.6. The molecule has 4 heteroatoms. The van der Waals surface area contributed by atoms with Gasteiger partial charge in [0.2, 0.25) is 0 Å². The highest BCUT2D eigenvalue weighted by Crippen LogP contribution is 2.22. The van der Waals surface area contributed by atoms with E-state index in [4.69, 9.17) is 5.73 Å². The molecule has 16 heavy (non-hydrogen) atoms. The lowest BCUT2D eigenvalue weighted by Crippen LogP contribution is -2.47. The first-order valence-electron chi connectivity index (χ1n) is 6.08. The van der Waals surface area contributed by atoms with Crippen LogP contribution >= 0.6 is 0 Å². The van der Waals surface area contributed by atoms with Gasteiger partial charge in [0.25, 0.3) is 0 Å². The molecule has 0 rings (SSSR count). The Bertz CT molecular complexity index is 192. The van der Waals surface area contributed by atoms with Gasteiger partial charge < -0.3 is 10.3 Å². The highest BCUT2D eigenvalue weighted by Gasteiger charge is 2.31. The maximum Gasteiger partial charge on any atom is 0.136 e. The Kier molecular flexibility index (Phi) is 6.94. The van der Waals surface area contributed by atoms with Crippen LogP contribution in [0.25, 0.3) is 0 Å². The summed E-state index contributed by atoms with van der Waals surface area (Å²) in [6, 6.07) is 0.239. The van der Waals surface area contributed by atoms with Crippen molar-refractivity contribution in [1.82, 2.24) is 4.72 Å². The number of hydrogen-bond donors (Lipinski definition) is 2. The van der Waals surface area contributed by atoms with E-state index in [2.05, 4.69) is 25.5 Å². The summed E-state index contributed by atoms with van der Waals surface area (Å²) < 4.78 is 15.0. The second kappa shape index (κ2) is 6.84. The van der Waals surface area contributed by atoms with Crippen molar-refractivity contribution in [2.45, 2.75) is 58.8 Å². The van der Waals surface area contributed by atoms with Gasteiger partial charge in [0.15, 0.2) is 0 Å². The third kappa shape index (κ3) is 5.53. The van der Waals surface area contributed by atoms with E-state index in [0.29, 0.717) is 18.4 Å².